The molecule has 1 aromatic carbocycles. The van der Waals surface area contributed by atoms with E-state index in [9.17, 15) is 39.0 Å². The van der Waals surface area contributed by atoms with Crippen molar-refractivity contribution in [3.05, 3.63) is 40.2 Å². The number of aryl methyl sites for hydroxylation is 1. The van der Waals surface area contributed by atoms with Crippen molar-refractivity contribution >= 4 is 52.3 Å². The van der Waals surface area contributed by atoms with E-state index in [1.165, 1.54) is 19.1 Å². The van der Waals surface area contributed by atoms with Crippen LogP contribution in [0.15, 0.2) is 38.5 Å². The highest BCUT2D eigenvalue weighted by Gasteiger charge is 2.33. The first kappa shape index (κ1) is 42.9. The minimum absolute atomic E-state index is 0.0658. The number of imide groups is 1. The van der Waals surface area contributed by atoms with E-state index in [1.807, 2.05) is 13.8 Å². The zero-order valence-electron chi connectivity index (χ0n) is 30.6. The van der Waals surface area contributed by atoms with Gasteiger partial charge in [0.05, 0.1) is 12.7 Å². The molecule has 5 amide bonds. The standard InChI is InChI=1S/C34H52N8O10/c1-17(2)13-23(40-33(50)52-34(5,6)7)29(47)39-24(16-43)30(48)41-27(19(4)44)31(49)42-28(46)22(9-8-12-37-32(35)36)38-20-10-11-21-18(3)14-26(45)51-25(21)15-20/h10-11,14-15,17,19,22-24,27,38,43-44H,8-9,12-13,16H2,1-7H3,(H,39,47)(H,40,50)(H,41,48)(H4,35,36,37)(H,42,46,49)/t19-,22+,23+,24+,27+/m1/s1. The van der Waals surface area contributed by atoms with Crippen LogP contribution in [0.3, 0.4) is 0 Å². The minimum atomic E-state index is -1.70. The average Bonchev–Trinajstić information content (AvgIpc) is 3.01. The summed E-state index contributed by atoms with van der Waals surface area (Å²) in [4.78, 5) is 81.3. The smallest absolute Gasteiger partial charge is 0.408 e. The van der Waals surface area contributed by atoms with Gasteiger partial charge in [0.2, 0.25) is 17.7 Å². The molecule has 11 N–H and O–H groups in total. The maximum atomic E-state index is 13.5. The van der Waals surface area contributed by atoms with Crippen LogP contribution in [-0.4, -0.2) is 94.9 Å². The van der Waals surface area contributed by atoms with E-state index >= 15 is 0 Å². The summed E-state index contributed by atoms with van der Waals surface area (Å²) in [6.45, 7) is 10.8. The highest BCUT2D eigenvalue weighted by atomic mass is 16.6. The quantitative estimate of drug-likeness (QED) is 0.0444. The molecule has 1 heterocycles. The molecule has 0 saturated heterocycles. The minimum Gasteiger partial charge on any atom is -0.444 e. The third-order valence-corrected chi connectivity index (χ3v) is 7.39. The van der Waals surface area contributed by atoms with E-state index < -0.39 is 77.8 Å². The van der Waals surface area contributed by atoms with E-state index in [4.69, 9.17) is 20.6 Å². The van der Waals surface area contributed by atoms with Gasteiger partial charge in [-0.05, 0) is 77.5 Å². The van der Waals surface area contributed by atoms with Gasteiger partial charge in [-0.3, -0.25) is 29.5 Å². The fraction of sp³-hybridized carbons (Fsp3) is 0.559. The summed E-state index contributed by atoms with van der Waals surface area (Å²) < 4.78 is 10.5. The zero-order valence-corrected chi connectivity index (χ0v) is 30.6. The van der Waals surface area contributed by atoms with Gasteiger partial charge in [0.25, 0.3) is 5.91 Å². The number of carbonyl (C=O) groups excluding carboxylic acids is 5. The molecule has 0 radical (unpaired) electrons. The van der Waals surface area contributed by atoms with Gasteiger partial charge >= 0.3 is 11.7 Å². The first-order valence-corrected chi connectivity index (χ1v) is 16.8. The van der Waals surface area contributed by atoms with Crippen molar-refractivity contribution in [3.8, 4) is 0 Å². The number of nitrogens with one attached hydrogen (secondary N) is 5. The first-order valence-electron chi connectivity index (χ1n) is 16.8. The number of aliphatic hydroxyl groups is 2. The van der Waals surface area contributed by atoms with Crippen LogP contribution in [0.4, 0.5) is 10.5 Å². The number of hydrogen-bond donors (Lipinski definition) is 9. The molecule has 0 saturated carbocycles. The summed E-state index contributed by atoms with van der Waals surface area (Å²) in [5.74, 6) is -3.99. The Morgan fingerprint density at radius 3 is 2.15 bits per heavy atom. The summed E-state index contributed by atoms with van der Waals surface area (Å²) in [6.07, 6.45) is -1.81. The van der Waals surface area contributed by atoms with Crippen LogP contribution in [0.5, 0.6) is 0 Å². The van der Waals surface area contributed by atoms with Gasteiger partial charge in [-0.25, -0.2) is 9.59 Å². The Hall–Kier alpha value is -5.23. The Morgan fingerprint density at radius 1 is 0.923 bits per heavy atom. The summed E-state index contributed by atoms with van der Waals surface area (Å²) in [5.41, 5.74) is 10.8. The van der Waals surface area contributed by atoms with Crippen LogP contribution >= 0.6 is 0 Å². The Kier molecular flexibility index (Phi) is 16.0. The SMILES string of the molecule is Cc1cc(=O)oc2cc(N[C@@H](CCCN=C(N)N)C(=O)NC(=O)[C@@H](NC(=O)[C@H](CO)NC(=O)[C@H](CC(C)C)NC(=O)OC(C)(C)C)[C@@H](C)O)ccc12. The number of aliphatic hydroxyl groups excluding tert-OH is 2. The second kappa shape index (κ2) is 19.4. The summed E-state index contributed by atoms with van der Waals surface area (Å²) in [6, 6.07) is 0.722. The number of nitrogens with zero attached hydrogens (tertiary/aromatic N) is 1. The molecule has 2 aromatic rings. The Labute approximate surface area is 301 Å². The first-order chi connectivity index (χ1) is 24.2. The van der Waals surface area contributed by atoms with Crippen LogP contribution in [0.25, 0.3) is 11.0 Å². The van der Waals surface area contributed by atoms with Gasteiger partial charge in [-0.15, -0.1) is 0 Å². The highest BCUT2D eigenvalue weighted by molar-refractivity contribution is 6.03. The third kappa shape index (κ3) is 14.2. The molecule has 288 valence electrons. The molecule has 18 nitrogen and oxygen atoms in total. The van der Waals surface area contributed by atoms with Gasteiger partial charge in [0.15, 0.2) is 5.96 Å². The molecule has 2 rings (SSSR count). The summed E-state index contributed by atoms with van der Waals surface area (Å²) in [5, 5.41) is 33.3. The molecule has 0 fully saturated rings. The highest BCUT2D eigenvalue weighted by Crippen LogP contribution is 2.22. The number of fused-ring (bicyclic) bond motifs is 1. The summed E-state index contributed by atoms with van der Waals surface area (Å²) >= 11 is 0. The second-order valence-electron chi connectivity index (χ2n) is 13.8. The largest absolute Gasteiger partial charge is 0.444 e. The molecular weight excluding hydrogens is 680 g/mol. The zero-order chi connectivity index (χ0) is 39.3. The van der Waals surface area contributed by atoms with Crippen molar-refractivity contribution in [2.24, 2.45) is 22.4 Å². The number of carbonyl (C=O) groups is 5. The van der Waals surface area contributed by atoms with Crippen molar-refractivity contribution in [2.45, 2.75) is 104 Å². The lowest BCUT2D eigenvalue weighted by atomic mass is 10.0. The molecule has 0 unspecified atom stereocenters. The number of ether oxygens (including phenoxy) is 1. The normalized spacial score (nSPS) is 14.3. The van der Waals surface area contributed by atoms with Crippen molar-refractivity contribution < 1.29 is 43.3 Å². The van der Waals surface area contributed by atoms with Crippen molar-refractivity contribution in [1.29, 1.82) is 0 Å². The monoisotopic (exact) mass is 732 g/mol. The van der Waals surface area contributed by atoms with Gasteiger partial charge < -0.3 is 52.1 Å². The lowest BCUT2D eigenvalue weighted by Gasteiger charge is -2.27. The fourth-order valence-electron chi connectivity index (χ4n) is 4.95. The van der Waals surface area contributed by atoms with E-state index in [0.29, 0.717) is 23.1 Å². The van der Waals surface area contributed by atoms with Gasteiger partial charge in [0.1, 0.15) is 35.4 Å². The van der Waals surface area contributed by atoms with Crippen LogP contribution in [0.2, 0.25) is 0 Å². The number of guanidine groups is 1. The Balaban J connectivity index is 2.21. The second-order valence-corrected chi connectivity index (χ2v) is 13.8. The molecule has 0 aliphatic rings. The number of anilines is 1. The number of nitrogens with two attached hydrogens (primary N) is 2. The number of aliphatic imine (C=N–C) groups is 1. The number of alkyl carbamates (subject to hydrolysis) is 1. The van der Waals surface area contributed by atoms with Crippen molar-refractivity contribution in [1.82, 2.24) is 21.3 Å². The Bertz CT molecular complexity index is 1660. The molecule has 52 heavy (non-hydrogen) atoms. The topological polar surface area (TPSA) is 290 Å². The molecular formula is C34H52N8O10. The molecule has 5 atom stereocenters. The van der Waals surface area contributed by atoms with Crippen molar-refractivity contribution in [3.63, 3.8) is 0 Å². The van der Waals surface area contributed by atoms with Crippen LogP contribution < -0.4 is 43.7 Å². The molecule has 18 heteroatoms. The van der Waals surface area contributed by atoms with Crippen LogP contribution in [-0.2, 0) is 23.9 Å². The molecule has 0 aliphatic carbocycles. The predicted molar refractivity (Wildman–Crippen MR) is 193 cm³/mol. The maximum Gasteiger partial charge on any atom is 0.408 e. The maximum absolute atomic E-state index is 13.5. The van der Waals surface area contributed by atoms with E-state index in [2.05, 4.69) is 31.6 Å². The number of amides is 5. The van der Waals surface area contributed by atoms with E-state index in [0.717, 1.165) is 0 Å². The molecule has 1 aromatic heterocycles. The average molecular weight is 733 g/mol. The molecule has 0 spiro atoms. The number of benzene rings is 1. The lowest BCUT2D eigenvalue weighted by Crippen LogP contribution is -2.61. The lowest BCUT2D eigenvalue weighted by molar-refractivity contribution is -0.137. The number of hydrogen-bond acceptors (Lipinski definition) is 12. The van der Waals surface area contributed by atoms with Gasteiger partial charge in [-0.1, -0.05) is 13.8 Å². The van der Waals surface area contributed by atoms with Gasteiger partial charge in [0, 0.05) is 29.8 Å². The van der Waals surface area contributed by atoms with E-state index in [1.54, 1.807) is 39.8 Å². The Morgan fingerprint density at radius 2 is 1.58 bits per heavy atom. The van der Waals surface area contributed by atoms with Crippen LogP contribution in [0.1, 0.15) is 66.4 Å². The van der Waals surface area contributed by atoms with Crippen LogP contribution in [0, 0.1) is 12.8 Å². The van der Waals surface area contributed by atoms with Crippen molar-refractivity contribution in [2.75, 3.05) is 18.5 Å². The molecule has 0 aliphatic heterocycles. The molecule has 0 bridgehead atoms. The fourth-order valence-corrected chi connectivity index (χ4v) is 4.95. The third-order valence-electron chi connectivity index (χ3n) is 7.39. The van der Waals surface area contributed by atoms with Gasteiger partial charge in [-0.2, -0.15) is 0 Å². The summed E-state index contributed by atoms with van der Waals surface area (Å²) in [7, 11) is 0. The van der Waals surface area contributed by atoms with E-state index in [-0.39, 0.29) is 36.8 Å². The number of rotatable bonds is 17. The predicted octanol–water partition coefficient (Wildman–Crippen LogP) is -0.140.